The van der Waals surface area contributed by atoms with E-state index in [1.807, 2.05) is 6.92 Å². The lowest BCUT2D eigenvalue weighted by Gasteiger charge is -2.04. The van der Waals surface area contributed by atoms with Crippen LogP contribution < -0.4 is 0 Å². The minimum absolute atomic E-state index is 0.171. The van der Waals surface area contributed by atoms with Crippen LogP contribution in [-0.2, 0) is 12.8 Å². The van der Waals surface area contributed by atoms with Crippen LogP contribution in [0.4, 0.5) is 13.2 Å². The molecule has 0 saturated heterocycles. The van der Waals surface area contributed by atoms with Crippen molar-refractivity contribution in [2.24, 2.45) is 0 Å². The Morgan fingerprint density at radius 1 is 1.38 bits per heavy atom. The molecular weight excluding hydrogens is 181 g/mol. The SMILES string of the molecule is CCc1n[nH]c(CC(F)(F)F)c1C. The summed E-state index contributed by atoms with van der Waals surface area (Å²) in [5, 5.41) is 6.20. The number of aromatic nitrogens is 2. The summed E-state index contributed by atoms with van der Waals surface area (Å²) < 4.78 is 36.0. The van der Waals surface area contributed by atoms with Crippen LogP contribution in [0.25, 0.3) is 0 Å². The van der Waals surface area contributed by atoms with Gasteiger partial charge < -0.3 is 0 Å². The van der Waals surface area contributed by atoms with Gasteiger partial charge in [0, 0.05) is 5.69 Å². The number of nitrogens with zero attached hydrogens (tertiary/aromatic N) is 1. The molecule has 0 atom stereocenters. The number of hydrogen-bond donors (Lipinski definition) is 1. The first kappa shape index (κ1) is 10.1. The van der Waals surface area contributed by atoms with E-state index < -0.39 is 12.6 Å². The Balaban J connectivity index is 2.84. The minimum Gasteiger partial charge on any atom is -0.282 e. The average molecular weight is 192 g/mol. The summed E-state index contributed by atoms with van der Waals surface area (Å²) in [6, 6.07) is 0. The second-order valence-corrected chi connectivity index (χ2v) is 2.92. The Kier molecular flexibility index (Phi) is 2.63. The zero-order valence-corrected chi connectivity index (χ0v) is 7.50. The lowest BCUT2D eigenvalue weighted by molar-refractivity contribution is -0.127. The van der Waals surface area contributed by atoms with Crippen molar-refractivity contribution in [1.82, 2.24) is 10.2 Å². The van der Waals surface area contributed by atoms with Gasteiger partial charge in [0.2, 0.25) is 0 Å². The number of aromatic amines is 1. The minimum atomic E-state index is -4.16. The van der Waals surface area contributed by atoms with E-state index in [0.717, 1.165) is 0 Å². The highest BCUT2D eigenvalue weighted by Gasteiger charge is 2.29. The molecule has 0 saturated carbocycles. The number of rotatable bonds is 2. The van der Waals surface area contributed by atoms with Crippen LogP contribution in [0.1, 0.15) is 23.9 Å². The first-order valence-corrected chi connectivity index (χ1v) is 4.03. The van der Waals surface area contributed by atoms with E-state index in [0.29, 0.717) is 17.7 Å². The number of nitrogens with one attached hydrogen (secondary N) is 1. The van der Waals surface area contributed by atoms with E-state index in [2.05, 4.69) is 10.2 Å². The van der Waals surface area contributed by atoms with E-state index in [1.54, 1.807) is 6.92 Å². The molecule has 0 radical (unpaired) electrons. The monoisotopic (exact) mass is 192 g/mol. The fourth-order valence-corrected chi connectivity index (χ4v) is 1.19. The molecule has 0 fully saturated rings. The molecule has 1 aromatic rings. The maximum atomic E-state index is 12.0. The Hall–Kier alpha value is -1.00. The first-order valence-electron chi connectivity index (χ1n) is 4.03. The molecule has 0 aliphatic rings. The van der Waals surface area contributed by atoms with Crippen LogP contribution in [-0.4, -0.2) is 16.4 Å². The fraction of sp³-hybridized carbons (Fsp3) is 0.625. The van der Waals surface area contributed by atoms with Crippen LogP contribution in [0.15, 0.2) is 0 Å². The van der Waals surface area contributed by atoms with Crippen molar-refractivity contribution in [3.05, 3.63) is 17.0 Å². The number of halogens is 3. The maximum absolute atomic E-state index is 12.0. The quantitative estimate of drug-likeness (QED) is 0.765. The van der Waals surface area contributed by atoms with Crippen molar-refractivity contribution in [1.29, 1.82) is 0 Å². The molecule has 0 aliphatic carbocycles. The van der Waals surface area contributed by atoms with Gasteiger partial charge in [0.1, 0.15) is 0 Å². The Morgan fingerprint density at radius 3 is 2.38 bits per heavy atom. The molecule has 1 rings (SSSR count). The lowest BCUT2D eigenvalue weighted by Crippen LogP contribution is -2.12. The normalized spacial score (nSPS) is 12.1. The second kappa shape index (κ2) is 3.40. The lowest BCUT2D eigenvalue weighted by atomic mass is 10.1. The molecule has 74 valence electrons. The van der Waals surface area contributed by atoms with E-state index >= 15 is 0 Å². The molecule has 0 amide bonds. The van der Waals surface area contributed by atoms with Crippen molar-refractivity contribution >= 4 is 0 Å². The molecule has 0 aliphatic heterocycles. The number of H-pyrrole nitrogens is 1. The molecule has 2 nitrogen and oxygen atoms in total. The Labute approximate surface area is 74.1 Å². The largest absolute Gasteiger partial charge is 0.394 e. The predicted molar refractivity (Wildman–Crippen MR) is 42.5 cm³/mol. The zero-order chi connectivity index (χ0) is 10.1. The summed E-state index contributed by atoms with van der Waals surface area (Å²) in [5.74, 6) is 0. The van der Waals surface area contributed by atoms with Crippen molar-refractivity contribution in [3.8, 4) is 0 Å². The van der Waals surface area contributed by atoms with Gasteiger partial charge in [-0.2, -0.15) is 18.3 Å². The van der Waals surface area contributed by atoms with E-state index in [9.17, 15) is 13.2 Å². The molecular formula is C8H11F3N2. The van der Waals surface area contributed by atoms with Gasteiger partial charge in [-0.25, -0.2) is 0 Å². The van der Waals surface area contributed by atoms with Gasteiger partial charge in [-0.15, -0.1) is 0 Å². The highest BCUT2D eigenvalue weighted by atomic mass is 19.4. The molecule has 1 aromatic heterocycles. The molecule has 1 heterocycles. The highest BCUT2D eigenvalue weighted by molar-refractivity contribution is 5.24. The van der Waals surface area contributed by atoms with Gasteiger partial charge in [0.25, 0.3) is 0 Å². The third-order valence-corrected chi connectivity index (χ3v) is 1.92. The third-order valence-electron chi connectivity index (χ3n) is 1.92. The molecule has 0 bridgehead atoms. The van der Waals surface area contributed by atoms with Gasteiger partial charge >= 0.3 is 6.18 Å². The maximum Gasteiger partial charge on any atom is 0.394 e. The summed E-state index contributed by atoms with van der Waals surface area (Å²) in [5.41, 5.74) is 1.50. The molecule has 0 spiro atoms. The topological polar surface area (TPSA) is 28.7 Å². The standard InChI is InChI=1S/C8H11F3N2/c1-3-6-5(2)7(13-12-6)4-8(9,10)11/h3-4H2,1-2H3,(H,12,13). The summed E-state index contributed by atoms with van der Waals surface area (Å²) in [7, 11) is 0. The fourth-order valence-electron chi connectivity index (χ4n) is 1.19. The Bertz CT molecular complexity index is 288. The van der Waals surface area contributed by atoms with E-state index in [1.165, 1.54) is 0 Å². The highest BCUT2D eigenvalue weighted by Crippen LogP contribution is 2.22. The predicted octanol–water partition coefficient (Wildman–Crippen LogP) is 2.39. The van der Waals surface area contributed by atoms with Gasteiger partial charge in [-0.1, -0.05) is 6.92 Å². The summed E-state index contributed by atoms with van der Waals surface area (Å²) >= 11 is 0. The molecule has 0 unspecified atom stereocenters. The second-order valence-electron chi connectivity index (χ2n) is 2.92. The van der Waals surface area contributed by atoms with Gasteiger partial charge in [0.15, 0.2) is 0 Å². The molecule has 5 heteroatoms. The number of alkyl halides is 3. The van der Waals surface area contributed by atoms with Gasteiger partial charge in [-0.3, -0.25) is 5.10 Å². The van der Waals surface area contributed by atoms with Crippen LogP contribution in [0.3, 0.4) is 0 Å². The average Bonchev–Trinajstić information content (AvgIpc) is 2.30. The van der Waals surface area contributed by atoms with Crippen molar-refractivity contribution in [3.63, 3.8) is 0 Å². The smallest absolute Gasteiger partial charge is 0.282 e. The van der Waals surface area contributed by atoms with E-state index in [4.69, 9.17) is 0 Å². The van der Waals surface area contributed by atoms with Crippen LogP contribution in [0.5, 0.6) is 0 Å². The van der Waals surface area contributed by atoms with Crippen LogP contribution in [0, 0.1) is 6.92 Å². The summed E-state index contributed by atoms with van der Waals surface area (Å²) in [6.45, 7) is 3.52. The van der Waals surface area contributed by atoms with Crippen molar-refractivity contribution in [2.45, 2.75) is 32.9 Å². The van der Waals surface area contributed by atoms with Gasteiger partial charge in [0.05, 0.1) is 12.1 Å². The third kappa shape index (κ3) is 2.47. The molecule has 1 N–H and O–H groups in total. The summed E-state index contributed by atoms with van der Waals surface area (Å²) in [6.07, 6.45) is -4.44. The summed E-state index contributed by atoms with van der Waals surface area (Å²) in [4.78, 5) is 0. The zero-order valence-electron chi connectivity index (χ0n) is 7.50. The first-order chi connectivity index (χ1) is 5.94. The molecule has 0 aromatic carbocycles. The van der Waals surface area contributed by atoms with Crippen LogP contribution >= 0.6 is 0 Å². The van der Waals surface area contributed by atoms with Crippen LogP contribution in [0.2, 0.25) is 0 Å². The van der Waals surface area contributed by atoms with Gasteiger partial charge in [-0.05, 0) is 18.9 Å². The van der Waals surface area contributed by atoms with E-state index in [-0.39, 0.29) is 5.69 Å². The number of aryl methyl sites for hydroxylation is 1. The number of hydrogen-bond acceptors (Lipinski definition) is 1. The Morgan fingerprint density at radius 2 is 2.00 bits per heavy atom. The molecule has 13 heavy (non-hydrogen) atoms. The van der Waals surface area contributed by atoms with Crippen molar-refractivity contribution in [2.75, 3.05) is 0 Å². The van der Waals surface area contributed by atoms with Crippen molar-refractivity contribution < 1.29 is 13.2 Å².